The van der Waals surface area contributed by atoms with Crippen molar-refractivity contribution in [3.05, 3.63) is 35.6 Å². The van der Waals surface area contributed by atoms with Gasteiger partial charge in [-0.25, -0.2) is 4.39 Å². The third kappa shape index (κ3) is 4.71. The summed E-state index contributed by atoms with van der Waals surface area (Å²) in [4.78, 5) is 4.07. The Hall–Kier alpha value is -1.62. The molecule has 0 aliphatic carbocycles. The fourth-order valence-corrected chi connectivity index (χ4v) is 1.54. The van der Waals surface area contributed by atoms with Gasteiger partial charge in [0.1, 0.15) is 5.82 Å². The number of ether oxygens (including phenoxy) is 1. The summed E-state index contributed by atoms with van der Waals surface area (Å²) in [7, 11) is 3.32. The van der Waals surface area contributed by atoms with Crippen molar-refractivity contribution in [2.45, 2.75) is 19.5 Å². The zero-order chi connectivity index (χ0) is 13.4. The molecule has 0 aliphatic rings. The number of hydrogen-bond donors (Lipinski definition) is 2. The average molecular weight is 253 g/mol. The molecule has 0 bridgehead atoms. The molecular weight excluding hydrogens is 233 g/mol. The van der Waals surface area contributed by atoms with Crippen LogP contribution in [-0.4, -0.2) is 32.8 Å². The van der Waals surface area contributed by atoms with Gasteiger partial charge in [-0.3, -0.25) is 4.99 Å². The van der Waals surface area contributed by atoms with Crippen LogP contribution in [0.5, 0.6) is 0 Å². The van der Waals surface area contributed by atoms with E-state index < -0.39 is 0 Å². The summed E-state index contributed by atoms with van der Waals surface area (Å²) in [6, 6.07) is 6.81. The van der Waals surface area contributed by atoms with Gasteiger partial charge in [0.2, 0.25) is 0 Å². The lowest BCUT2D eigenvalue weighted by Crippen LogP contribution is -2.43. The van der Waals surface area contributed by atoms with Crippen LogP contribution in [0.4, 0.5) is 4.39 Å². The second-order valence-electron chi connectivity index (χ2n) is 4.02. The van der Waals surface area contributed by atoms with E-state index in [0.717, 1.165) is 0 Å². The van der Waals surface area contributed by atoms with Crippen molar-refractivity contribution < 1.29 is 9.13 Å². The minimum atomic E-state index is -0.217. The van der Waals surface area contributed by atoms with Gasteiger partial charge in [-0.2, -0.15) is 0 Å². The van der Waals surface area contributed by atoms with Gasteiger partial charge in [-0.15, -0.1) is 0 Å². The van der Waals surface area contributed by atoms with Gasteiger partial charge in [0.25, 0.3) is 0 Å². The molecule has 1 aromatic carbocycles. The summed E-state index contributed by atoms with van der Waals surface area (Å²) in [5.41, 5.74) is 0.611. The minimum absolute atomic E-state index is 0.141. The van der Waals surface area contributed by atoms with Crippen LogP contribution in [0.3, 0.4) is 0 Å². The molecule has 0 aromatic heterocycles. The number of methoxy groups -OCH3 is 1. The van der Waals surface area contributed by atoms with E-state index in [9.17, 15) is 4.39 Å². The molecule has 0 saturated carbocycles. The molecule has 0 fully saturated rings. The lowest BCUT2D eigenvalue weighted by Gasteiger charge is -2.17. The fraction of sp³-hybridized carbons (Fsp3) is 0.462. The number of hydrogen-bond acceptors (Lipinski definition) is 2. The maximum Gasteiger partial charge on any atom is 0.191 e. The van der Waals surface area contributed by atoms with Crippen LogP contribution in [0.1, 0.15) is 12.5 Å². The fourth-order valence-electron chi connectivity index (χ4n) is 1.54. The predicted octanol–water partition coefficient (Wildman–Crippen LogP) is 1.53. The van der Waals surface area contributed by atoms with E-state index in [1.54, 1.807) is 26.3 Å². The smallest absolute Gasteiger partial charge is 0.191 e. The molecule has 0 heterocycles. The highest BCUT2D eigenvalue weighted by atomic mass is 19.1. The van der Waals surface area contributed by atoms with Gasteiger partial charge in [-0.1, -0.05) is 18.2 Å². The van der Waals surface area contributed by atoms with Crippen LogP contribution in [-0.2, 0) is 11.3 Å². The van der Waals surface area contributed by atoms with Crippen molar-refractivity contribution in [3.63, 3.8) is 0 Å². The summed E-state index contributed by atoms with van der Waals surface area (Å²) < 4.78 is 18.4. The first kappa shape index (κ1) is 14.4. The summed E-state index contributed by atoms with van der Waals surface area (Å²) in [6.07, 6.45) is 0. The molecule has 2 N–H and O–H groups in total. The molecule has 5 heteroatoms. The van der Waals surface area contributed by atoms with Gasteiger partial charge < -0.3 is 15.4 Å². The van der Waals surface area contributed by atoms with Crippen molar-refractivity contribution in [1.82, 2.24) is 10.6 Å². The van der Waals surface area contributed by atoms with Gasteiger partial charge >= 0.3 is 0 Å². The number of halogens is 1. The molecule has 1 rings (SSSR count). The third-order valence-corrected chi connectivity index (χ3v) is 2.43. The van der Waals surface area contributed by atoms with E-state index in [-0.39, 0.29) is 11.9 Å². The Morgan fingerprint density at radius 1 is 1.44 bits per heavy atom. The van der Waals surface area contributed by atoms with Crippen LogP contribution in [0.2, 0.25) is 0 Å². The van der Waals surface area contributed by atoms with Crippen LogP contribution < -0.4 is 10.6 Å². The number of guanidine groups is 1. The maximum atomic E-state index is 13.4. The third-order valence-electron chi connectivity index (χ3n) is 2.43. The second-order valence-corrected chi connectivity index (χ2v) is 4.02. The second kappa shape index (κ2) is 7.66. The zero-order valence-electron chi connectivity index (χ0n) is 11.0. The summed E-state index contributed by atoms with van der Waals surface area (Å²) in [5.74, 6) is 0.410. The van der Waals surface area contributed by atoms with E-state index >= 15 is 0 Å². The van der Waals surface area contributed by atoms with Gasteiger partial charge in [0.05, 0.1) is 6.61 Å². The Kier molecular flexibility index (Phi) is 6.14. The Morgan fingerprint density at radius 3 is 2.78 bits per heavy atom. The molecule has 0 aliphatic heterocycles. The highest BCUT2D eigenvalue weighted by Crippen LogP contribution is 2.05. The number of aliphatic imine (C=N–C) groups is 1. The van der Waals surface area contributed by atoms with E-state index in [1.165, 1.54) is 6.07 Å². The molecule has 1 atom stereocenters. The zero-order valence-corrected chi connectivity index (χ0v) is 11.0. The molecule has 100 valence electrons. The average Bonchev–Trinajstić information content (AvgIpc) is 2.36. The SMILES string of the molecule is CN=C(NCc1ccccc1F)NC(C)COC. The first-order valence-corrected chi connectivity index (χ1v) is 5.87. The number of rotatable bonds is 5. The van der Waals surface area contributed by atoms with E-state index in [1.807, 2.05) is 13.0 Å². The normalized spacial score (nSPS) is 13.2. The Morgan fingerprint density at radius 2 is 2.17 bits per heavy atom. The molecule has 1 unspecified atom stereocenters. The molecule has 0 radical (unpaired) electrons. The molecule has 0 spiro atoms. The lowest BCUT2D eigenvalue weighted by molar-refractivity contribution is 0.179. The van der Waals surface area contributed by atoms with Crippen LogP contribution in [0, 0.1) is 5.82 Å². The monoisotopic (exact) mass is 253 g/mol. The summed E-state index contributed by atoms with van der Waals surface area (Å²) in [6.45, 7) is 2.96. The van der Waals surface area contributed by atoms with Crippen molar-refractivity contribution in [1.29, 1.82) is 0 Å². The van der Waals surface area contributed by atoms with Crippen molar-refractivity contribution >= 4 is 5.96 Å². The molecule has 4 nitrogen and oxygen atoms in total. The Labute approximate surface area is 107 Å². The van der Waals surface area contributed by atoms with Gasteiger partial charge in [-0.05, 0) is 13.0 Å². The Balaban J connectivity index is 2.48. The van der Waals surface area contributed by atoms with Crippen LogP contribution in [0.15, 0.2) is 29.3 Å². The van der Waals surface area contributed by atoms with Crippen molar-refractivity contribution in [2.75, 3.05) is 20.8 Å². The number of nitrogens with one attached hydrogen (secondary N) is 2. The van der Waals surface area contributed by atoms with E-state index in [2.05, 4.69) is 15.6 Å². The molecule has 18 heavy (non-hydrogen) atoms. The summed E-state index contributed by atoms with van der Waals surface area (Å²) in [5, 5.41) is 6.21. The largest absolute Gasteiger partial charge is 0.383 e. The molecule has 1 aromatic rings. The predicted molar refractivity (Wildman–Crippen MR) is 71.1 cm³/mol. The number of nitrogens with zero attached hydrogens (tertiary/aromatic N) is 1. The first-order chi connectivity index (χ1) is 8.67. The maximum absolute atomic E-state index is 13.4. The highest BCUT2D eigenvalue weighted by Gasteiger charge is 2.05. The summed E-state index contributed by atoms with van der Waals surface area (Å²) >= 11 is 0. The highest BCUT2D eigenvalue weighted by molar-refractivity contribution is 5.79. The van der Waals surface area contributed by atoms with Gasteiger partial charge in [0, 0.05) is 32.3 Å². The van der Waals surface area contributed by atoms with Crippen molar-refractivity contribution in [2.24, 2.45) is 4.99 Å². The van der Waals surface area contributed by atoms with E-state index in [4.69, 9.17) is 4.74 Å². The molecular formula is C13H20FN3O. The van der Waals surface area contributed by atoms with E-state index in [0.29, 0.717) is 24.7 Å². The quantitative estimate of drug-likeness (QED) is 0.618. The Bertz CT molecular complexity index is 396. The topological polar surface area (TPSA) is 45.7 Å². The standard InChI is InChI=1S/C13H20FN3O/c1-10(9-18-3)17-13(15-2)16-8-11-6-4-5-7-12(11)14/h4-7,10H,8-9H2,1-3H3,(H2,15,16,17). The number of benzene rings is 1. The molecule has 0 amide bonds. The van der Waals surface area contributed by atoms with Crippen molar-refractivity contribution in [3.8, 4) is 0 Å². The van der Waals surface area contributed by atoms with Crippen LogP contribution >= 0.6 is 0 Å². The first-order valence-electron chi connectivity index (χ1n) is 5.87. The molecule has 0 saturated heterocycles. The minimum Gasteiger partial charge on any atom is -0.383 e. The van der Waals surface area contributed by atoms with Crippen LogP contribution in [0.25, 0.3) is 0 Å². The lowest BCUT2D eigenvalue weighted by atomic mass is 10.2. The van der Waals surface area contributed by atoms with Gasteiger partial charge in [0.15, 0.2) is 5.96 Å².